The van der Waals surface area contributed by atoms with E-state index in [1.807, 2.05) is 12.1 Å². The molecule has 0 radical (unpaired) electrons. The molecule has 6 heteroatoms. The lowest BCUT2D eigenvalue weighted by Gasteiger charge is -2.21. The van der Waals surface area contributed by atoms with E-state index in [9.17, 15) is 4.79 Å². The van der Waals surface area contributed by atoms with E-state index in [1.165, 1.54) is 34.6 Å². The third-order valence-electron chi connectivity index (χ3n) is 4.68. The first-order valence-corrected chi connectivity index (χ1v) is 8.45. The quantitative estimate of drug-likeness (QED) is 0.501. The van der Waals surface area contributed by atoms with Crippen molar-refractivity contribution in [2.45, 2.75) is 18.9 Å². The zero-order chi connectivity index (χ0) is 17.9. The highest BCUT2D eigenvalue weighted by molar-refractivity contribution is 5.92. The van der Waals surface area contributed by atoms with Gasteiger partial charge in [0.2, 0.25) is 5.95 Å². The van der Waals surface area contributed by atoms with Crippen molar-refractivity contribution >= 4 is 11.9 Å². The van der Waals surface area contributed by atoms with Crippen LogP contribution in [0.3, 0.4) is 0 Å². The number of hydroxylamine groups is 1. The van der Waals surface area contributed by atoms with E-state index in [2.05, 4.69) is 51.7 Å². The summed E-state index contributed by atoms with van der Waals surface area (Å²) in [5, 5.41) is 12.1. The van der Waals surface area contributed by atoms with Gasteiger partial charge in [0.05, 0.1) is 11.6 Å². The molecule has 0 bridgehead atoms. The Morgan fingerprint density at radius 2 is 1.46 bits per heavy atom. The molecule has 6 nitrogen and oxygen atoms in total. The molecule has 3 aromatic rings. The van der Waals surface area contributed by atoms with Gasteiger partial charge in [0.15, 0.2) is 0 Å². The molecule has 1 aromatic heterocycles. The Bertz CT molecular complexity index is 893. The lowest BCUT2D eigenvalue weighted by Crippen LogP contribution is -2.20. The Morgan fingerprint density at radius 1 is 0.923 bits per heavy atom. The van der Waals surface area contributed by atoms with Crippen LogP contribution >= 0.6 is 0 Å². The SMILES string of the molecule is O=C(NO)c1cnc(NC2c3ccccc3CCc3ccccc32)nc1. The molecule has 130 valence electrons. The summed E-state index contributed by atoms with van der Waals surface area (Å²) in [6.45, 7) is 0. The number of amides is 1. The maximum atomic E-state index is 11.4. The van der Waals surface area contributed by atoms with Crippen LogP contribution in [0.4, 0.5) is 5.95 Å². The minimum Gasteiger partial charge on any atom is -0.343 e. The number of carbonyl (C=O) groups excluding carboxylic acids is 1. The monoisotopic (exact) mass is 346 g/mol. The summed E-state index contributed by atoms with van der Waals surface area (Å²) in [6.07, 6.45) is 4.74. The second kappa shape index (κ2) is 6.93. The predicted octanol–water partition coefficient (Wildman–Crippen LogP) is 2.90. The van der Waals surface area contributed by atoms with Crippen molar-refractivity contribution in [3.05, 3.63) is 88.7 Å². The fraction of sp³-hybridized carbons (Fsp3) is 0.150. The summed E-state index contributed by atoms with van der Waals surface area (Å²) in [4.78, 5) is 19.9. The van der Waals surface area contributed by atoms with E-state index in [1.54, 1.807) is 5.48 Å². The molecule has 3 N–H and O–H groups in total. The number of nitrogens with one attached hydrogen (secondary N) is 2. The van der Waals surface area contributed by atoms with Crippen molar-refractivity contribution in [2.24, 2.45) is 0 Å². The Morgan fingerprint density at radius 3 is 2.00 bits per heavy atom. The maximum Gasteiger partial charge on any atom is 0.277 e. The van der Waals surface area contributed by atoms with Crippen LogP contribution in [0.5, 0.6) is 0 Å². The molecule has 4 rings (SSSR count). The number of aromatic nitrogens is 2. The van der Waals surface area contributed by atoms with Crippen molar-refractivity contribution in [3.63, 3.8) is 0 Å². The largest absolute Gasteiger partial charge is 0.343 e. The van der Waals surface area contributed by atoms with Crippen LogP contribution in [0, 0.1) is 0 Å². The first-order chi connectivity index (χ1) is 12.8. The molecule has 0 fully saturated rings. The Kier molecular flexibility index (Phi) is 4.33. The topological polar surface area (TPSA) is 87.1 Å². The van der Waals surface area contributed by atoms with Gasteiger partial charge in [0.25, 0.3) is 5.91 Å². The molecule has 2 aromatic carbocycles. The minimum absolute atomic E-state index is 0.0672. The number of aryl methyl sites for hydroxylation is 2. The number of hydrogen-bond donors (Lipinski definition) is 3. The Balaban J connectivity index is 1.72. The lowest BCUT2D eigenvalue weighted by atomic mass is 9.95. The van der Waals surface area contributed by atoms with Crippen molar-refractivity contribution in [2.75, 3.05) is 5.32 Å². The smallest absolute Gasteiger partial charge is 0.277 e. The average Bonchev–Trinajstić information content (AvgIpc) is 2.86. The van der Waals surface area contributed by atoms with Crippen LogP contribution in [-0.4, -0.2) is 21.1 Å². The molecule has 1 amide bonds. The molecule has 0 spiro atoms. The molecule has 0 saturated heterocycles. The van der Waals surface area contributed by atoms with Crippen molar-refractivity contribution < 1.29 is 10.0 Å². The van der Waals surface area contributed by atoms with Crippen molar-refractivity contribution in [3.8, 4) is 0 Å². The maximum absolute atomic E-state index is 11.4. The highest BCUT2D eigenvalue weighted by atomic mass is 16.5. The second-order valence-electron chi connectivity index (χ2n) is 6.21. The fourth-order valence-corrected chi connectivity index (χ4v) is 3.39. The molecule has 0 saturated carbocycles. The Hall–Kier alpha value is -3.25. The van der Waals surface area contributed by atoms with Gasteiger partial charge in [-0.1, -0.05) is 48.5 Å². The minimum atomic E-state index is -0.637. The molecular weight excluding hydrogens is 328 g/mol. The van der Waals surface area contributed by atoms with Gasteiger partial charge in [0, 0.05) is 12.4 Å². The molecular formula is C20H18N4O2. The normalized spacial score (nSPS) is 13.3. The summed E-state index contributed by atoms with van der Waals surface area (Å²) >= 11 is 0. The van der Waals surface area contributed by atoms with Crippen molar-refractivity contribution in [1.29, 1.82) is 0 Å². The highest BCUT2D eigenvalue weighted by Crippen LogP contribution is 2.34. The lowest BCUT2D eigenvalue weighted by molar-refractivity contribution is 0.0705. The summed E-state index contributed by atoms with van der Waals surface area (Å²) in [5.74, 6) is -0.210. The van der Waals surface area contributed by atoms with Gasteiger partial charge in [-0.2, -0.15) is 0 Å². The zero-order valence-electron chi connectivity index (χ0n) is 14.0. The van der Waals surface area contributed by atoms with Gasteiger partial charge < -0.3 is 5.32 Å². The third-order valence-corrected chi connectivity index (χ3v) is 4.68. The van der Waals surface area contributed by atoms with E-state index < -0.39 is 5.91 Å². The average molecular weight is 346 g/mol. The molecule has 0 unspecified atom stereocenters. The third kappa shape index (κ3) is 3.02. The molecule has 1 aliphatic rings. The summed E-state index contributed by atoms with van der Waals surface area (Å²) in [7, 11) is 0. The first-order valence-electron chi connectivity index (χ1n) is 8.45. The van der Waals surface area contributed by atoms with Gasteiger partial charge in [-0.3, -0.25) is 10.0 Å². The van der Waals surface area contributed by atoms with E-state index in [0.717, 1.165) is 12.8 Å². The molecule has 1 heterocycles. The fourth-order valence-electron chi connectivity index (χ4n) is 3.39. The number of anilines is 1. The summed E-state index contributed by atoms with van der Waals surface area (Å²) in [6, 6.07) is 16.7. The van der Waals surface area contributed by atoms with Crippen LogP contribution in [-0.2, 0) is 12.8 Å². The zero-order valence-corrected chi connectivity index (χ0v) is 14.0. The van der Waals surface area contributed by atoms with Crippen LogP contribution in [0.1, 0.15) is 38.7 Å². The molecule has 26 heavy (non-hydrogen) atoms. The summed E-state index contributed by atoms with van der Waals surface area (Å²) < 4.78 is 0. The van der Waals surface area contributed by atoms with Crippen LogP contribution in [0.15, 0.2) is 60.9 Å². The van der Waals surface area contributed by atoms with Gasteiger partial charge in [0.1, 0.15) is 0 Å². The van der Waals surface area contributed by atoms with E-state index >= 15 is 0 Å². The van der Waals surface area contributed by atoms with E-state index in [0.29, 0.717) is 5.95 Å². The number of rotatable bonds is 3. The first kappa shape index (κ1) is 16.2. The van der Waals surface area contributed by atoms with Crippen LogP contribution in [0.2, 0.25) is 0 Å². The van der Waals surface area contributed by atoms with Gasteiger partial charge >= 0.3 is 0 Å². The molecule has 1 aliphatic carbocycles. The second-order valence-corrected chi connectivity index (χ2v) is 6.21. The number of carbonyl (C=O) groups is 1. The van der Waals surface area contributed by atoms with Crippen LogP contribution in [0.25, 0.3) is 0 Å². The number of benzene rings is 2. The molecule has 0 aliphatic heterocycles. The van der Waals surface area contributed by atoms with E-state index in [-0.39, 0.29) is 11.6 Å². The van der Waals surface area contributed by atoms with Crippen LogP contribution < -0.4 is 10.8 Å². The highest BCUT2D eigenvalue weighted by Gasteiger charge is 2.23. The standard InChI is InChI=1S/C20H18N4O2/c25-19(24-26)15-11-21-20(22-12-15)23-18-16-7-3-1-5-13(16)9-10-14-6-2-4-8-17(14)18/h1-8,11-12,18,26H,9-10H2,(H,24,25)(H,21,22,23). The Labute approximate surface area is 150 Å². The van der Waals surface area contributed by atoms with E-state index in [4.69, 9.17) is 5.21 Å². The van der Waals surface area contributed by atoms with Gasteiger partial charge in [-0.05, 0) is 35.1 Å². The summed E-state index contributed by atoms with van der Waals surface area (Å²) in [5.41, 5.74) is 6.79. The number of fused-ring (bicyclic) bond motifs is 2. The van der Waals surface area contributed by atoms with Crippen molar-refractivity contribution in [1.82, 2.24) is 15.4 Å². The predicted molar refractivity (Wildman–Crippen MR) is 97.0 cm³/mol. The van der Waals surface area contributed by atoms with Gasteiger partial charge in [-0.15, -0.1) is 0 Å². The number of hydrogen-bond acceptors (Lipinski definition) is 5. The number of nitrogens with zero attached hydrogens (tertiary/aromatic N) is 2. The van der Waals surface area contributed by atoms with Gasteiger partial charge in [-0.25, -0.2) is 15.4 Å². The molecule has 0 atom stereocenters.